The molecule has 1 aromatic rings. The van der Waals surface area contributed by atoms with E-state index in [4.69, 9.17) is 5.73 Å². The fourth-order valence-corrected chi connectivity index (χ4v) is 1.92. The first-order valence-corrected chi connectivity index (χ1v) is 5.34. The van der Waals surface area contributed by atoms with Gasteiger partial charge in [-0.3, -0.25) is 4.21 Å². The smallest absolute Gasteiger partial charge is 0.0500 e. The highest BCUT2D eigenvalue weighted by Crippen LogP contribution is 2.13. The SMILES string of the molecule is Cc1ccc(CN)cc1S(C)=O. The van der Waals surface area contributed by atoms with Gasteiger partial charge in [-0.05, 0) is 24.1 Å². The lowest BCUT2D eigenvalue weighted by molar-refractivity contribution is 0.686. The zero-order chi connectivity index (χ0) is 9.14. The van der Waals surface area contributed by atoms with Crippen molar-refractivity contribution >= 4 is 10.8 Å². The van der Waals surface area contributed by atoms with Gasteiger partial charge in [-0.2, -0.15) is 0 Å². The monoisotopic (exact) mass is 183 g/mol. The normalized spacial score (nSPS) is 12.9. The number of nitrogens with two attached hydrogens (primary N) is 1. The molecule has 0 amide bonds. The second-order valence-corrected chi connectivity index (χ2v) is 4.11. The molecule has 0 aliphatic heterocycles. The summed E-state index contributed by atoms with van der Waals surface area (Å²) in [5.41, 5.74) is 7.57. The summed E-state index contributed by atoms with van der Waals surface area (Å²) in [6.07, 6.45) is 1.68. The Morgan fingerprint density at radius 3 is 2.67 bits per heavy atom. The quantitative estimate of drug-likeness (QED) is 0.748. The third-order valence-corrected chi connectivity index (χ3v) is 2.86. The second kappa shape index (κ2) is 3.83. The van der Waals surface area contributed by atoms with E-state index in [0.717, 1.165) is 16.0 Å². The van der Waals surface area contributed by atoms with Gasteiger partial charge in [-0.1, -0.05) is 12.1 Å². The predicted octanol–water partition coefficient (Wildman–Crippen LogP) is 1.19. The zero-order valence-electron chi connectivity index (χ0n) is 7.33. The first-order valence-electron chi connectivity index (χ1n) is 3.78. The van der Waals surface area contributed by atoms with E-state index < -0.39 is 10.8 Å². The summed E-state index contributed by atoms with van der Waals surface area (Å²) in [7, 11) is -0.908. The van der Waals surface area contributed by atoms with Crippen molar-refractivity contribution in [3.05, 3.63) is 29.3 Å². The van der Waals surface area contributed by atoms with Crippen LogP contribution in [-0.4, -0.2) is 10.5 Å². The predicted molar refractivity (Wildman–Crippen MR) is 51.4 cm³/mol. The Balaban J connectivity index is 3.17. The third-order valence-electron chi connectivity index (χ3n) is 1.80. The van der Waals surface area contributed by atoms with Crippen LogP contribution in [0.1, 0.15) is 11.1 Å². The number of hydrogen-bond donors (Lipinski definition) is 1. The maximum Gasteiger partial charge on any atom is 0.0500 e. The number of aryl methyl sites for hydroxylation is 1. The largest absolute Gasteiger partial charge is 0.326 e. The van der Waals surface area contributed by atoms with Gasteiger partial charge in [0.25, 0.3) is 0 Å². The zero-order valence-corrected chi connectivity index (χ0v) is 8.15. The summed E-state index contributed by atoms with van der Waals surface area (Å²) in [6.45, 7) is 2.46. The number of benzene rings is 1. The lowest BCUT2D eigenvalue weighted by Gasteiger charge is -2.04. The molecule has 2 N–H and O–H groups in total. The van der Waals surface area contributed by atoms with E-state index in [-0.39, 0.29) is 0 Å². The van der Waals surface area contributed by atoms with Gasteiger partial charge < -0.3 is 5.73 Å². The van der Waals surface area contributed by atoms with E-state index in [9.17, 15) is 4.21 Å². The summed E-state index contributed by atoms with van der Waals surface area (Å²) < 4.78 is 11.2. The van der Waals surface area contributed by atoms with Crippen molar-refractivity contribution in [2.24, 2.45) is 5.73 Å². The molecule has 1 unspecified atom stereocenters. The Morgan fingerprint density at radius 1 is 1.50 bits per heavy atom. The van der Waals surface area contributed by atoms with Crippen LogP contribution in [0, 0.1) is 6.92 Å². The standard InChI is InChI=1S/C9H13NOS/c1-7-3-4-8(6-10)5-9(7)12(2)11/h3-5H,6,10H2,1-2H3. The van der Waals surface area contributed by atoms with Gasteiger partial charge >= 0.3 is 0 Å². The van der Waals surface area contributed by atoms with Crippen LogP contribution in [0.3, 0.4) is 0 Å². The molecule has 0 bridgehead atoms. The molecule has 66 valence electrons. The van der Waals surface area contributed by atoms with Gasteiger partial charge in [0.1, 0.15) is 0 Å². The van der Waals surface area contributed by atoms with Crippen LogP contribution in [0.4, 0.5) is 0 Å². The molecule has 1 aromatic carbocycles. The fourth-order valence-electron chi connectivity index (χ4n) is 1.08. The van der Waals surface area contributed by atoms with Crippen LogP contribution in [0.2, 0.25) is 0 Å². The molecule has 0 aromatic heterocycles. The Morgan fingerprint density at radius 2 is 2.17 bits per heavy atom. The minimum Gasteiger partial charge on any atom is -0.326 e. The highest BCUT2D eigenvalue weighted by atomic mass is 32.2. The van der Waals surface area contributed by atoms with E-state index in [1.807, 2.05) is 25.1 Å². The minimum atomic E-state index is -0.908. The Kier molecular flexibility index (Phi) is 3.00. The molecule has 0 heterocycles. The molecule has 0 radical (unpaired) electrons. The molecule has 0 saturated heterocycles. The first kappa shape index (κ1) is 9.42. The molecular formula is C9H13NOS. The first-order chi connectivity index (χ1) is 5.65. The van der Waals surface area contributed by atoms with Crippen molar-refractivity contribution in [3.63, 3.8) is 0 Å². The highest BCUT2D eigenvalue weighted by Gasteiger charge is 2.02. The third kappa shape index (κ3) is 1.93. The number of rotatable bonds is 2. The molecule has 0 saturated carbocycles. The van der Waals surface area contributed by atoms with Crippen LogP contribution >= 0.6 is 0 Å². The van der Waals surface area contributed by atoms with Gasteiger partial charge in [-0.15, -0.1) is 0 Å². The van der Waals surface area contributed by atoms with Crippen LogP contribution in [0.15, 0.2) is 23.1 Å². The topological polar surface area (TPSA) is 43.1 Å². The summed E-state index contributed by atoms with van der Waals surface area (Å²) in [4.78, 5) is 0.887. The average molecular weight is 183 g/mol. The van der Waals surface area contributed by atoms with Crippen molar-refractivity contribution in [2.45, 2.75) is 18.4 Å². The maximum absolute atomic E-state index is 11.2. The van der Waals surface area contributed by atoms with Crippen LogP contribution in [-0.2, 0) is 17.3 Å². The number of hydrogen-bond acceptors (Lipinski definition) is 2. The van der Waals surface area contributed by atoms with Crippen molar-refractivity contribution < 1.29 is 4.21 Å². The van der Waals surface area contributed by atoms with Crippen LogP contribution in [0.5, 0.6) is 0 Å². The fraction of sp³-hybridized carbons (Fsp3) is 0.333. The highest BCUT2D eigenvalue weighted by molar-refractivity contribution is 7.84. The van der Waals surface area contributed by atoms with Gasteiger partial charge in [0.2, 0.25) is 0 Å². The average Bonchev–Trinajstić information content (AvgIpc) is 2.05. The van der Waals surface area contributed by atoms with Gasteiger partial charge in [0.15, 0.2) is 0 Å². The Hall–Kier alpha value is -0.670. The lowest BCUT2D eigenvalue weighted by Crippen LogP contribution is -1.99. The Bertz CT molecular complexity index is 309. The van der Waals surface area contributed by atoms with E-state index in [1.54, 1.807) is 6.26 Å². The van der Waals surface area contributed by atoms with Crippen molar-refractivity contribution in [2.75, 3.05) is 6.26 Å². The molecule has 0 aliphatic carbocycles. The molecule has 1 rings (SSSR count). The summed E-state index contributed by atoms with van der Waals surface area (Å²) in [6, 6.07) is 5.83. The minimum absolute atomic E-state index is 0.504. The molecule has 0 spiro atoms. The van der Waals surface area contributed by atoms with E-state index in [0.29, 0.717) is 6.54 Å². The summed E-state index contributed by atoms with van der Waals surface area (Å²) in [5.74, 6) is 0. The molecule has 2 nitrogen and oxygen atoms in total. The summed E-state index contributed by atoms with van der Waals surface area (Å²) in [5, 5.41) is 0. The van der Waals surface area contributed by atoms with Crippen LogP contribution < -0.4 is 5.73 Å². The van der Waals surface area contributed by atoms with Crippen molar-refractivity contribution in [1.82, 2.24) is 0 Å². The van der Waals surface area contributed by atoms with Gasteiger partial charge in [0.05, 0.1) is 10.8 Å². The van der Waals surface area contributed by atoms with E-state index in [1.165, 1.54) is 0 Å². The Labute approximate surface area is 75.2 Å². The molecule has 1 atom stereocenters. The van der Waals surface area contributed by atoms with Gasteiger partial charge in [-0.25, -0.2) is 0 Å². The van der Waals surface area contributed by atoms with E-state index in [2.05, 4.69) is 0 Å². The van der Waals surface area contributed by atoms with Crippen molar-refractivity contribution in [3.8, 4) is 0 Å². The van der Waals surface area contributed by atoms with Gasteiger partial charge in [0, 0.05) is 17.7 Å². The van der Waals surface area contributed by atoms with Crippen LogP contribution in [0.25, 0.3) is 0 Å². The molecule has 3 heteroatoms. The molecule has 0 aliphatic rings. The molecular weight excluding hydrogens is 170 g/mol. The van der Waals surface area contributed by atoms with E-state index >= 15 is 0 Å². The summed E-state index contributed by atoms with van der Waals surface area (Å²) >= 11 is 0. The van der Waals surface area contributed by atoms with Crippen molar-refractivity contribution in [1.29, 1.82) is 0 Å². The molecule has 12 heavy (non-hydrogen) atoms. The second-order valence-electron chi connectivity index (χ2n) is 2.76. The lowest BCUT2D eigenvalue weighted by atomic mass is 10.1. The molecule has 0 fully saturated rings. The maximum atomic E-state index is 11.2.